The zero-order valence-corrected chi connectivity index (χ0v) is 8.84. The van der Waals surface area contributed by atoms with Crippen LogP contribution in [0.4, 0.5) is 5.69 Å². The second kappa shape index (κ2) is 5.03. The van der Waals surface area contributed by atoms with Crippen molar-refractivity contribution in [2.75, 3.05) is 5.73 Å². The highest BCUT2D eigenvalue weighted by molar-refractivity contribution is 5.53. The molecule has 2 heteroatoms. The molecule has 0 heterocycles. The fourth-order valence-electron chi connectivity index (χ4n) is 1.34. The van der Waals surface area contributed by atoms with E-state index >= 15 is 0 Å². The minimum atomic E-state index is 0.639. The predicted octanol–water partition coefficient (Wildman–Crippen LogP) is 3.32. The van der Waals surface area contributed by atoms with Crippen LogP contribution in [0.1, 0.15) is 5.56 Å². The largest absolute Gasteiger partial charge is 0.463 e. The first-order chi connectivity index (χ1) is 7.86. The van der Waals surface area contributed by atoms with Gasteiger partial charge in [-0.05, 0) is 23.8 Å². The second-order valence-electron chi connectivity index (χ2n) is 3.37. The Hall–Kier alpha value is -2.22. The van der Waals surface area contributed by atoms with E-state index in [2.05, 4.69) is 0 Å². The van der Waals surface area contributed by atoms with Crippen molar-refractivity contribution in [3.8, 4) is 5.75 Å². The average Bonchev–Trinajstić information content (AvgIpc) is 2.33. The number of ether oxygens (including phenoxy) is 1. The zero-order valence-electron chi connectivity index (χ0n) is 8.84. The van der Waals surface area contributed by atoms with Crippen molar-refractivity contribution in [2.45, 2.75) is 0 Å². The number of anilines is 1. The van der Waals surface area contributed by atoms with Crippen molar-refractivity contribution < 1.29 is 4.74 Å². The van der Waals surface area contributed by atoms with Crippen molar-refractivity contribution >= 4 is 11.8 Å². The molecule has 0 bridgehead atoms. The molecular weight excluding hydrogens is 198 g/mol. The van der Waals surface area contributed by atoms with E-state index < -0.39 is 0 Å². The molecule has 0 aliphatic carbocycles. The Balaban J connectivity index is 2.03. The number of hydrogen-bond acceptors (Lipinski definition) is 2. The molecule has 0 aliphatic rings. The third-order valence-electron chi connectivity index (χ3n) is 2.17. The topological polar surface area (TPSA) is 35.2 Å². The van der Waals surface area contributed by atoms with Gasteiger partial charge in [0.25, 0.3) is 0 Å². The van der Waals surface area contributed by atoms with Gasteiger partial charge in [-0.25, -0.2) is 0 Å². The second-order valence-corrected chi connectivity index (χ2v) is 3.37. The van der Waals surface area contributed by atoms with Crippen LogP contribution in [0.2, 0.25) is 0 Å². The molecule has 0 saturated carbocycles. The van der Waals surface area contributed by atoms with Gasteiger partial charge in [-0.3, -0.25) is 0 Å². The van der Waals surface area contributed by atoms with E-state index in [0.717, 1.165) is 5.56 Å². The molecule has 0 radical (unpaired) electrons. The van der Waals surface area contributed by atoms with Crippen LogP contribution in [0.25, 0.3) is 6.08 Å². The lowest BCUT2D eigenvalue weighted by Crippen LogP contribution is -1.90. The van der Waals surface area contributed by atoms with E-state index in [4.69, 9.17) is 10.5 Å². The molecule has 0 spiro atoms. The van der Waals surface area contributed by atoms with Crippen molar-refractivity contribution in [3.63, 3.8) is 0 Å². The number of rotatable bonds is 3. The van der Waals surface area contributed by atoms with Gasteiger partial charge in [-0.1, -0.05) is 42.5 Å². The molecule has 80 valence electrons. The summed E-state index contributed by atoms with van der Waals surface area (Å²) in [6.07, 6.45) is 3.54. The van der Waals surface area contributed by atoms with Gasteiger partial charge in [0.1, 0.15) is 5.75 Å². The highest BCUT2D eigenvalue weighted by Gasteiger charge is 1.94. The fraction of sp³-hybridized carbons (Fsp3) is 0. The van der Waals surface area contributed by atoms with Crippen molar-refractivity contribution in [1.29, 1.82) is 0 Å². The lowest BCUT2D eigenvalue weighted by atomic mass is 10.2. The van der Waals surface area contributed by atoms with Gasteiger partial charge in [-0.2, -0.15) is 0 Å². The molecule has 0 unspecified atom stereocenters. The third-order valence-corrected chi connectivity index (χ3v) is 2.17. The maximum absolute atomic E-state index is 5.74. The van der Waals surface area contributed by atoms with Crippen LogP contribution in [0.5, 0.6) is 5.75 Å². The number of para-hydroxylation sites is 2. The number of nitrogen functional groups attached to an aromatic ring is 1. The summed E-state index contributed by atoms with van der Waals surface area (Å²) in [4.78, 5) is 0. The predicted molar refractivity (Wildman–Crippen MR) is 67.0 cm³/mol. The Kier molecular flexibility index (Phi) is 3.24. The molecule has 2 N–H and O–H groups in total. The minimum Gasteiger partial charge on any atom is -0.463 e. The number of benzene rings is 2. The van der Waals surface area contributed by atoms with Crippen LogP contribution < -0.4 is 10.5 Å². The summed E-state index contributed by atoms with van der Waals surface area (Å²) < 4.78 is 5.44. The molecule has 2 rings (SSSR count). The van der Waals surface area contributed by atoms with Crippen molar-refractivity contribution in [3.05, 3.63) is 66.4 Å². The summed E-state index contributed by atoms with van der Waals surface area (Å²) in [5.74, 6) is 0.676. The highest BCUT2D eigenvalue weighted by Crippen LogP contribution is 2.20. The third kappa shape index (κ3) is 2.64. The molecule has 0 atom stereocenters. The van der Waals surface area contributed by atoms with Gasteiger partial charge in [0, 0.05) is 0 Å². The highest BCUT2D eigenvalue weighted by atomic mass is 16.5. The van der Waals surface area contributed by atoms with E-state index in [1.54, 1.807) is 6.26 Å². The lowest BCUT2D eigenvalue weighted by molar-refractivity contribution is 0.487. The summed E-state index contributed by atoms with van der Waals surface area (Å²) in [6, 6.07) is 17.4. The summed E-state index contributed by atoms with van der Waals surface area (Å²) in [5.41, 5.74) is 7.47. The van der Waals surface area contributed by atoms with Gasteiger partial charge in [0.15, 0.2) is 0 Å². The summed E-state index contributed by atoms with van der Waals surface area (Å²) in [7, 11) is 0. The van der Waals surface area contributed by atoms with E-state index in [1.165, 1.54) is 0 Å². The molecule has 0 fully saturated rings. The minimum absolute atomic E-state index is 0.639. The van der Waals surface area contributed by atoms with Crippen LogP contribution >= 0.6 is 0 Å². The first-order valence-electron chi connectivity index (χ1n) is 5.09. The lowest BCUT2D eigenvalue weighted by Gasteiger charge is -2.02. The van der Waals surface area contributed by atoms with E-state index in [-0.39, 0.29) is 0 Å². The quantitative estimate of drug-likeness (QED) is 0.624. The molecule has 0 aromatic heterocycles. The molecule has 2 nitrogen and oxygen atoms in total. The number of hydrogen-bond donors (Lipinski definition) is 1. The molecule has 16 heavy (non-hydrogen) atoms. The first kappa shape index (κ1) is 10.3. The smallest absolute Gasteiger partial charge is 0.149 e. The van der Waals surface area contributed by atoms with E-state index in [1.807, 2.05) is 60.7 Å². The first-order valence-corrected chi connectivity index (χ1v) is 5.09. The SMILES string of the molecule is Nc1ccccc1OC=Cc1ccccc1. The molecule has 0 aliphatic heterocycles. The standard InChI is InChI=1S/C14H13NO/c15-13-8-4-5-9-14(13)16-11-10-12-6-2-1-3-7-12/h1-11H,15H2. The summed E-state index contributed by atoms with van der Waals surface area (Å²) in [6.45, 7) is 0. The van der Waals surface area contributed by atoms with Crippen LogP contribution in [0.15, 0.2) is 60.9 Å². The number of nitrogens with two attached hydrogens (primary N) is 1. The van der Waals surface area contributed by atoms with Gasteiger partial charge in [-0.15, -0.1) is 0 Å². The molecule has 2 aromatic rings. The Morgan fingerprint density at radius 2 is 1.56 bits per heavy atom. The summed E-state index contributed by atoms with van der Waals surface area (Å²) in [5, 5.41) is 0. The van der Waals surface area contributed by atoms with Gasteiger partial charge in [0.2, 0.25) is 0 Å². The van der Waals surface area contributed by atoms with Crippen molar-refractivity contribution in [2.24, 2.45) is 0 Å². The van der Waals surface area contributed by atoms with Crippen molar-refractivity contribution in [1.82, 2.24) is 0 Å². The monoisotopic (exact) mass is 211 g/mol. The molecule has 2 aromatic carbocycles. The van der Waals surface area contributed by atoms with Crippen LogP contribution in [-0.2, 0) is 0 Å². The molecular formula is C14H13NO. The van der Waals surface area contributed by atoms with Crippen LogP contribution in [0.3, 0.4) is 0 Å². The zero-order chi connectivity index (χ0) is 11.2. The summed E-state index contributed by atoms with van der Waals surface area (Å²) >= 11 is 0. The Morgan fingerprint density at radius 3 is 2.31 bits per heavy atom. The maximum Gasteiger partial charge on any atom is 0.149 e. The molecule has 0 saturated heterocycles. The Bertz CT molecular complexity index is 477. The molecule has 0 amide bonds. The van der Waals surface area contributed by atoms with Gasteiger partial charge in [0.05, 0.1) is 11.9 Å². The average molecular weight is 211 g/mol. The maximum atomic E-state index is 5.74. The Labute approximate surface area is 95.0 Å². The Morgan fingerprint density at radius 1 is 0.875 bits per heavy atom. The normalized spacial score (nSPS) is 10.5. The fourth-order valence-corrected chi connectivity index (χ4v) is 1.34. The van der Waals surface area contributed by atoms with E-state index in [0.29, 0.717) is 11.4 Å². The van der Waals surface area contributed by atoms with E-state index in [9.17, 15) is 0 Å². The van der Waals surface area contributed by atoms with Crippen LogP contribution in [-0.4, -0.2) is 0 Å². The van der Waals surface area contributed by atoms with Gasteiger partial charge >= 0.3 is 0 Å². The van der Waals surface area contributed by atoms with Gasteiger partial charge < -0.3 is 10.5 Å². The van der Waals surface area contributed by atoms with Crippen LogP contribution in [0, 0.1) is 0 Å².